The van der Waals surface area contributed by atoms with Crippen LogP contribution in [0.4, 0.5) is 20.3 Å². The summed E-state index contributed by atoms with van der Waals surface area (Å²) in [5, 5.41) is -0.0624. The molecule has 0 unspecified atom stereocenters. The fourth-order valence-corrected chi connectivity index (χ4v) is 2.62. The quantitative estimate of drug-likeness (QED) is 0.909. The fraction of sp³-hybridized carbons (Fsp3) is 0. The number of nitrogens with one attached hydrogen (secondary N) is 1. The molecule has 0 bridgehead atoms. The van der Waals surface area contributed by atoms with Crippen LogP contribution in [0.1, 0.15) is 0 Å². The third-order valence-corrected chi connectivity index (χ3v) is 3.96. The van der Waals surface area contributed by atoms with Gasteiger partial charge >= 0.3 is 0 Å². The van der Waals surface area contributed by atoms with Crippen LogP contribution in [-0.4, -0.2) is 13.4 Å². The molecule has 0 saturated heterocycles. The first-order chi connectivity index (χ1) is 9.29. The van der Waals surface area contributed by atoms with Crippen molar-refractivity contribution in [3.8, 4) is 0 Å². The molecule has 2 rings (SSSR count). The molecule has 0 amide bonds. The third-order valence-electron chi connectivity index (χ3n) is 2.33. The highest BCUT2D eigenvalue weighted by atomic mass is 35.5. The number of hydrogen-bond acceptors (Lipinski definition) is 4. The van der Waals surface area contributed by atoms with Crippen molar-refractivity contribution in [2.24, 2.45) is 0 Å². The van der Waals surface area contributed by atoms with E-state index < -0.39 is 27.3 Å². The Labute approximate surface area is 118 Å². The molecule has 0 aliphatic heterocycles. The number of nitrogens with two attached hydrogens (primary N) is 1. The molecule has 1 aromatic carbocycles. The number of hydrogen-bond donors (Lipinski definition) is 2. The maximum Gasteiger partial charge on any atom is 0.263 e. The molecule has 5 nitrogen and oxygen atoms in total. The summed E-state index contributed by atoms with van der Waals surface area (Å²) in [7, 11) is -4.15. The normalized spacial score (nSPS) is 11.3. The van der Waals surface area contributed by atoms with Crippen LogP contribution in [0.2, 0.25) is 5.02 Å². The Morgan fingerprint density at radius 3 is 2.60 bits per heavy atom. The molecule has 106 valence electrons. The number of anilines is 2. The van der Waals surface area contributed by atoms with Gasteiger partial charge in [0.25, 0.3) is 10.0 Å². The zero-order valence-corrected chi connectivity index (χ0v) is 11.3. The molecule has 0 aliphatic carbocycles. The number of sulfonamides is 1. The van der Waals surface area contributed by atoms with Crippen LogP contribution in [-0.2, 0) is 10.0 Å². The van der Waals surface area contributed by atoms with Gasteiger partial charge in [-0.25, -0.2) is 22.2 Å². The maximum atomic E-state index is 13.4. The second kappa shape index (κ2) is 5.22. The van der Waals surface area contributed by atoms with Gasteiger partial charge in [0.15, 0.2) is 0 Å². The fourth-order valence-electron chi connectivity index (χ4n) is 1.36. The predicted octanol–water partition coefficient (Wildman–Crippen LogP) is 2.40. The third kappa shape index (κ3) is 2.97. The number of nitrogens with zero attached hydrogens (tertiary/aromatic N) is 1. The van der Waals surface area contributed by atoms with E-state index in [2.05, 4.69) is 4.98 Å². The van der Waals surface area contributed by atoms with Gasteiger partial charge in [0.05, 0.1) is 10.7 Å². The summed E-state index contributed by atoms with van der Waals surface area (Å²) in [5.74, 6) is -1.73. The molecule has 20 heavy (non-hydrogen) atoms. The van der Waals surface area contributed by atoms with Crippen molar-refractivity contribution in [1.82, 2.24) is 4.98 Å². The van der Waals surface area contributed by atoms with Gasteiger partial charge < -0.3 is 5.73 Å². The molecule has 0 spiro atoms. The Morgan fingerprint density at radius 1 is 1.25 bits per heavy atom. The van der Waals surface area contributed by atoms with Crippen molar-refractivity contribution in [3.05, 3.63) is 47.1 Å². The molecule has 2 aromatic rings. The van der Waals surface area contributed by atoms with Gasteiger partial charge in [-0.05, 0) is 18.2 Å². The van der Waals surface area contributed by atoms with Gasteiger partial charge in [-0.3, -0.25) is 4.72 Å². The molecular weight excluding hydrogens is 312 g/mol. The van der Waals surface area contributed by atoms with Crippen molar-refractivity contribution in [1.29, 1.82) is 0 Å². The van der Waals surface area contributed by atoms with Gasteiger partial charge in [0.2, 0.25) is 0 Å². The van der Waals surface area contributed by atoms with E-state index in [-0.39, 0.29) is 15.7 Å². The van der Waals surface area contributed by atoms with E-state index in [4.69, 9.17) is 17.3 Å². The van der Waals surface area contributed by atoms with Crippen molar-refractivity contribution in [3.63, 3.8) is 0 Å². The van der Waals surface area contributed by atoms with E-state index in [0.29, 0.717) is 0 Å². The van der Waals surface area contributed by atoms with Crippen molar-refractivity contribution in [2.75, 3.05) is 10.5 Å². The summed E-state index contributed by atoms with van der Waals surface area (Å²) in [4.78, 5) is 3.27. The SMILES string of the molecule is Nc1ncc(S(=O)(=O)Nc2cc(F)ccc2F)cc1Cl. The summed E-state index contributed by atoms with van der Waals surface area (Å²) in [6.07, 6.45) is 0.959. The second-order valence-corrected chi connectivity index (χ2v) is 5.86. The lowest BCUT2D eigenvalue weighted by Crippen LogP contribution is -2.14. The van der Waals surface area contributed by atoms with E-state index in [1.165, 1.54) is 0 Å². The maximum absolute atomic E-state index is 13.4. The Hall–Kier alpha value is -1.93. The van der Waals surface area contributed by atoms with Crippen LogP contribution < -0.4 is 10.5 Å². The van der Waals surface area contributed by atoms with E-state index in [9.17, 15) is 17.2 Å². The molecule has 0 radical (unpaired) electrons. The first-order valence-corrected chi connectivity index (χ1v) is 7.04. The number of aromatic nitrogens is 1. The van der Waals surface area contributed by atoms with Crippen molar-refractivity contribution < 1.29 is 17.2 Å². The molecule has 1 heterocycles. The summed E-state index contributed by atoms with van der Waals surface area (Å²) in [6.45, 7) is 0. The lowest BCUT2D eigenvalue weighted by Gasteiger charge is -2.09. The van der Waals surface area contributed by atoms with Crippen LogP contribution in [0.15, 0.2) is 35.4 Å². The molecule has 0 fully saturated rings. The Morgan fingerprint density at radius 2 is 1.95 bits per heavy atom. The lowest BCUT2D eigenvalue weighted by atomic mass is 10.3. The number of pyridine rings is 1. The molecule has 0 saturated carbocycles. The minimum absolute atomic E-state index is 0.0393. The molecule has 9 heteroatoms. The summed E-state index contributed by atoms with van der Waals surface area (Å²) in [5.41, 5.74) is 4.84. The highest BCUT2D eigenvalue weighted by Crippen LogP contribution is 2.23. The molecular formula is C11H8ClF2N3O2S. The van der Waals surface area contributed by atoms with Crippen LogP contribution >= 0.6 is 11.6 Å². The first kappa shape index (κ1) is 14.5. The van der Waals surface area contributed by atoms with Gasteiger partial charge in [-0.15, -0.1) is 0 Å². The van der Waals surface area contributed by atoms with Crippen LogP contribution in [0.5, 0.6) is 0 Å². The standard InChI is InChI=1S/C11H8ClF2N3O2S/c12-8-4-7(5-16-11(8)15)20(18,19)17-10-3-6(13)1-2-9(10)14/h1-5,17H,(H2,15,16). The summed E-state index contributed by atoms with van der Waals surface area (Å²) >= 11 is 5.67. The number of nitrogen functional groups attached to an aromatic ring is 1. The topological polar surface area (TPSA) is 85.1 Å². The van der Waals surface area contributed by atoms with Crippen molar-refractivity contribution >= 4 is 33.1 Å². The van der Waals surface area contributed by atoms with E-state index >= 15 is 0 Å². The minimum atomic E-state index is -4.15. The zero-order valence-electron chi connectivity index (χ0n) is 9.77. The van der Waals surface area contributed by atoms with Crippen molar-refractivity contribution in [2.45, 2.75) is 4.90 Å². The smallest absolute Gasteiger partial charge is 0.263 e. The minimum Gasteiger partial charge on any atom is -0.382 e. The van der Waals surface area contributed by atoms with Crippen LogP contribution in [0.3, 0.4) is 0 Å². The van der Waals surface area contributed by atoms with Gasteiger partial charge in [0.1, 0.15) is 22.3 Å². The monoisotopic (exact) mass is 319 g/mol. The number of benzene rings is 1. The molecule has 1 aromatic heterocycles. The first-order valence-electron chi connectivity index (χ1n) is 5.18. The highest BCUT2D eigenvalue weighted by Gasteiger charge is 2.18. The average molecular weight is 320 g/mol. The van der Waals surface area contributed by atoms with E-state index in [1.54, 1.807) is 0 Å². The van der Waals surface area contributed by atoms with Gasteiger partial charge in [-0.2, -0.15) is 0 Å². The summed E-state index contributed by atoms with van der Waals surface area (Å²) in [6, 6.07) is 3.46. The van der Waals surface area contributed by atoms with Gasteiger partial charge in [0, 0.05) is 12.3 Å². The second-order valence-electron chi connectivity index (χ2n) is 3.77. The lowest BCUT2D eigenvalue weighted by molar-refractivity contribution is 0.594. The molecule has 3 N–H and O–H groups in total. The van der Waals surface area contributed by atoms with Crippen LogP contribution in [0.25, 0.3) is 0 Å². The number of rotatable bonds is 3. The average Bonchev–Trinajstić information content (AvgIpc) is 2.36. The Kier molecular flexibility index (Phi) is 3.78. The summed E-state index contributed by atoms with van der Waals surface area (Å²) < 4.78 is 52.3. The molecule has 0 aliphatic rings. The highest BCUT2D eigenvalue weighted by molar-refractivity contribution is 7.92. The van der Waals surface area contributed by atoms with Crippen LogP contribution in [0, 0.1) is 11.6 Å². The largest absolute Gasteiger partial charge is 0.382 e. The Balaban J connectivity index is 2.40. The predicted molar refractivity (Wildman–Crippen MR) is 70.8 cm³/mol. The van der Waals surface area contributed by atoms with E-state index in [0.717, 1.165) is 30.5 Å². The van der Waals surface area contributed by atoms with Gasteiger partial charge in [-0.1, -0.05) is 11.6 Å². The number of halogens is 3. The Bertz CT molecular complexity index is 768. The zero-order chi connectivity index (χ0) is 14.9. The van der Waals surface area contributed by atoms with E-state index in [1.807, 2.05) is 4.72 Å². The molecule has 0 atom stereocenters.